The van der Waals surface area contributed by atoms with Crippen LogP contribution in [0.15, 0.2) is 24.4 Å². The van der Waals surface area contributed by atoms with Crippen LogP contribution in [-0.2, 0) is 13.0 Å². The van der Waals surface area contributed by atoms with Crippen LogP contribution in [0.25, 0.3) is 10.9 Å². The molecule has 0 aliphatic rings. The number of ether oxygens (including phenoxy) is 1. The Balaban J connectivity index is 2.48. The monoisotopic (exact) mass is 260 g/mol. The van der Waals surface area contributed by atoms with Crippen molar-refractivity contribution in [3.63, 3.8) is 0 Å². The second kappa shape index (κ2) is 6.11. The van der Waals surface area contributed by atoms with E-state index in [1.165, 1.54) is 16.5 Å². The largest absolute Gasteiger partial charge is 0.494 e. The van der Waals surface area contributed by atoms with E-state index in [4.69, 9.17) is 10.5 Å². The second-order valence-corrected chi connectivity index (χ2v) is 5.14. The van der Waals surface area contributed by atoms with Gasteiger partial charge in [0.2, 0.25) is 0 Å². The van der Waals surface area contributed by atoms with Crippen molar-refractivity contribution in [3.05, 3.63) is 30.0 Å². The Hall–Kier alpha value is -1.48. The summed E-state index contributed by atoms with van der Waals surface area (Å²) in [5, 5.41) is 1.27. The van der Waals surface area contributed by atoms with E-state index in [1.54, 1.807) is 0 Å². The van der Waals surface area contributed by atoms with Crippen LogP contribution in [0.4, 0.5) is 0 Å². The quantitative estimate of drug-likeness (QED) is 0.865. The molecule has 0 spiro atoms. The lowest BCUT2D eigenvalue weighted by Gasteiger charge is -2.06. The van der Waals surface area contributed by atoms with Crippen LogP contribution in [0.2, 0.25) is 0 Å². The number of aromatic nitrogens is 1. The normalized spacial score (nSPS) is 12.8. The standard InChI is InChI=1S/C16H24N2O/c1-4-8-18-11-13(9-12(3)17)15-10-14(19-5-2)6-7-16(15)18/h6-7,10-12H,4-5,8-9,17H2,1-3H3. The molecule has 3 heteroatoms. The van der Waals surface area contributed by atoms with Gasteiger partial charge >= 0.3 is 0 Å². The van der Waals surface area contributed by atoms with Crippen LogP contribution in [0.3, 0.4) is 0 Å². The Morgan fingerprint density at radius 3 is 2.74 bits per heavy atom. The minimum absolute atomic E-state index is 0.177. The minimum atomic E-state index is 0.177. The molecule has 0 saturated carbocycles. The number of aryl methyl sites for hydroxylation is 1. The van der Waals surface area contributed by atoms with Gasteiger partial charge in [-0.05, 0) is 50.5 Å². The van der Waals surface area contributed by atoms with Gasteiger partial charge in [0.15, 0.2) is 0 Å². The number of nitrogens with zero attached hydrogens (tertiary/aromatic N) is 1. The molecule has 0 bridgehead atoms. The maximum absolute atomic E-state index is 5.95. The van der Waals surface area contributed by atoms with Gasteiger partial charge in [-0.2, -0.15) is 0 Å². The van der Waals surface area contributed by atoms with Crippen molar-refractivity contribution in [1.82, 2.24) is 4.57 Å². The highest BCUT2D eigenvalue weighted by Gasteiger charge is 2.10. The van der Waals surface area contributed by atoms with E-state index < -0.39 is 0 Å². The lowest BCUT2D eigenvalue weighted by atomic mass is 10.1. The topological polar surface area (TPSA) is 40.2 Å². The number of nitrogens with two attached hydrogens (primary N) is 1. The minimum Gasteiger partial charge on any atom is -0.494 e. The fourth-order valence-electron chi connectivity index (χ4n) is 2.54. The van der Waals surface area contributed by atoms with Crippen molar-refractivity contribution in [2.45, 2.75) is 46.2 Å². The Kier molecular flexibility index (Phi) is 4.48. The van der Waals surface area contributed by atoms with Crippen LogP contribution >= 0.6 is 0 Å². The summed E-state index contributed by atoms with van der Waals surface area (Å²) in [5.41, 5.74) is 8.55. The Morgan fingerprint density at radius 2 is 2.11 bits per heavy atom. The van der Waals surface area contributed by atoms with Crippen LogP contribution in [-0.4, -0.2) is 17.2 Å². The van der Waals surface area contributed by atoms with Gasteiger partial charge in [-0.25, -0.2) is 0 Å². The fourth-order valence-corrected chi connectivity index (χ4v) is 2.54. The van der Waals surface area contributed by atoms with Crippen molar-refractivity contribution in [2.75, 3.05) is 6.61 Å². The van der Waals surface area contributed by atoms with Gasteiger partial charge in [0, 0.05) is 29.7 Å². The molecule has 2 rings (SSSR count). The summed E-state index contributed by atoms with van der Waals surface area (Å²) < 4.78 is 7.92. The summed E-state index contributed by atoms with van der Waals surface area (Å²) in [6.45, 7) is 8.00. The zero-order chi connectivity index (χ0) is 13.8. The molecule has 19 heavy (non-hydrogen) atoms. The Morgan fingerprint density at radius 1 is 1.32 bits per heavy atom. The molecule has 1 aromatic carbocycles. The first kappa shape index (κ1) is 13.9. The van der Waals surface area contributed by atoms with Crippen molar-refractivity contribution in [1.29, 1.82) is 0 Å². The Labute approximate surface area is 115 Å². The molecule has 0 fully saturated rings. The van der Waals surface area contributed by atoms with Gasteiger partial charge in [0.25, 0.3) is 0 Å². The molecular weight excluding hydrogens is 236 g/mol. The van der Waals surface area contributed by atoms with Crippen LogP contribution in [0, 0.1) is 0 Å². The summed E-state index contributed by atoms with van der Waals surface area (Å²) in [4.78, 5) is 0. The summed E-state index contributed by atoms with van der Waals surface area (Å²) >= 11 is 0. The third-order valence-electron chi connectivity index (χ3n) is 3.25. The third-order valence-corrected chi connectivity index (χ3v) is 3.25. The molecule has 0 saturated heterocycles. The maximum atomic E-state index is 5.95. The fraction of sp³-hybridized carbons (Fsp3) is 0.500. The van der Waals surface area contributed by atoms with Gasteiger partial charge in [-0.1, -0.05) is 6.92 Å². The van der Waals surface area contributed by atoms with Crippen molar-refractivity contribution < 1.29 is 4.74 Å². The third kappa shape index (κ3) is 3.10. The average molecular weight is 260 g/mol. The summed E-state index contributed by atoms with van der Waals surface area (Å²) in [7, 11) is 0. The first-order valence-electron chi connectivity index (χ1n) is 7.15. The molecule has 0 aliphatic heterocycles. The molecule has 2 aromatic rings. The predicted octanol–water partition coefficient (Wildman–Crippen LogP) is 3.34. The molecule has 0 aliphatic carbocycles. The van der Waals surface area contributed by atoms with Crippen molar-refractivity contribution >= 4 is 10.9 Å². The van der Waals surface area contributed by atoms with E-state index in [1.807, 2.05) is 13.0 Å². The number of rotatable bonds is 6. The van der Waals surface area contributed by atoms with Gasteiger partial charge in [-0.15, -0.1) is 0 Å². The molecule has 1 unspecified atom stereocenters. The van der Waals surface area contributed by atoms with Gasteiger partial charge in [-0.3, -0.25) is 0 Å². The molecule has 1 aromatic heterocycles. The van der Waals surface area contributed by atoms with E-state index in [0.717, 1.165) is 25.1 Å². The van der Waals surface area contributed by atoms with Crippen molar-refractivity contribution in [3.8, 4) is 5.75 Å². The average Bonchev–Trinajstić information content (AvgIpc) is 2.68. The molecular formula is C16H24N2O. The lowest BCUT2D eigenvalue weighted by Crippen LogP contribution is -2.17. The van der Waals surface area contributed by atoms with Crippen molar-refractivity contribution in [2.24, 2.45) is 5.73 Å². The number of hydrogen-bond donors (Lipinski definition) is 1. The lowest BCUT2D eigenvalue weighted by molar-refractivity contribution is 0.340. The maximum Gasteiger partial charge on any atom is 0.120 e. The molecule has 3 nitrogen and oxygen atoms in total. The number of fused-ring (bicyclic) bond motifs is 1. The zero-order valence-corrected chi connectivity index (χ0v) is 12.1. The predicted molar refractivity (Wildman–Crippen MR) is 80.8 cm³/mol. The van der Waals surface area contributed by atoms with Gasteiger partial charge in [0.1, 0.15) is 5.75 Å². The number of hydrogen-bond acceptors (Lipinski definition) is 2. The highest BCUT2D eigenvalue weighted by Crippen LogP contribution is 2.27. The van der Waals surface area contributed by atoms with Gasteiger partial charge in [0.05, 0.1) is 6.61 Å². The highest BCUT2D eigenvalue weighted by molar-refractivity contribution is 5.85. The van der Waals surface area contributed by atoms with Crippen LogP contribution < -0.4 is 10.5 Å². The summed E-state index contributed by atoms with van der Waals surface area (Å²) in [6, 6.07) is 6.52. The molecule has 104 valence electrons. The summed E-state index contributed by atoms with van der Waals surface area (Å²) in [6.07, 6.45) is 4.28. The molecule has 1 atom stereocenters. The first-order valence-corrected chi connectivity index (χ1v) is 7.15. The molecule has 2 N–H and O–H groups in total. The summed E-state index contributed by atoms with van der Waals surface area (Å²) in [5.74, 6) is 0.940. The highest BCUT2D eigenvalue weighted by atomic mass is 16.5. The smallest absolute Gasteiger partial charge is 0.120 e. The van der Waals surface area contributed by atoms with Crippen LogP contribution in [0.1, 0.15) is 32.8 Å². The van der Waals surface area contributed by atoms with E-state index in [9.17, 15) is 0 Å². The van der Waals surface area contributed by atoms with E-state index in [-0.39, 0.29) is 6.04 Å². The molecule has 0 amide bonds. The second-order valence-electron chi connectivity index (χ2n) is 5.14. The Bertz CT molecular complexity index is 543. The molecule has 0 radical (unpaired) electrons. The zero-order valence-electron chi connectivity index (χ0n) is 12.1. The van der Waals surface area contributed by atoms with E-state index >= 15 is 0 Å². The SMILES string of the molecule is CCCn1cc(CC(C)N)c2cc(OCC)ccc21. The van der Waals surface area contributed by atoms with Crippen LogP contribution in [0.5, 0.6) is 5.75 Å². The number of benzene rings is 1. The first-order chi connectivity index (χ1) is 9.15. The van der Waals surface area contributed by atoms with Gasteiger partial charge < -0.3 is 15.0 Å². The van der Waals surface area contributed by atoms with E-state index in [2.05, 4.69) is 36.7 Å². The molecule has 1 heterocycles. The van der Waals surface area contributed by atoms with E-state index in [0.29, 0.717) is 6.61 Å².